The molecule has 0 spiro atoms. The number of anilines is 1. The molecule has 0 unspecified atom stereocenters. The second-order valence-electron chi connectivity index (χ2n) is 5.49. The lowest BCUT2D eigenvalue weighted by atomic mass is 10.1. The van der Waals surface area contributed by atoms with Crippen molar-refractivity contribution in [1.82, 2.24) is 9.97 Å². The maximum atomic E-state index is 12.5. The smallest absolute Gasteiger partial charge is 0.284 e. The topological polar surface area (TPSA) is 98.0 Å². The van der Waals surface area contributed by atoms with Gasteiger partial charge in [0.15, 0.2) is 5.16 Å². The highest BCUT2D eigenvalue weighted by Gasteiger charge is 2.16. The van der Waals surface area contributed by atoms with Gasteiger partial charge in [0, 0.05) is 34.6 Å². The fraction of sp³-hybridized carbons (Fsp3) is 0.0556. The average molecular weight is 445 g/mol. The van der Waals surface area contributed by atoms with Crippen molar-refractivity contribution in [1.29, 1.82) is 0 Å². The van der Waals surface area contributed by atoms with Crippen molar-refractivity contribution in [3.05, 3.63) is 80.6 Å². The molecule has 0 aliphatic heterocycles. The minimum absolute atomic E-state index is 0.158. The Hall–Kier alpha value is -2.78. The predicted molar refractivity (Wildman–Crippen MR) is 106 cm³/mol. The van der Waals surface area contributed by atoms with Gasteiger partial charge in [-0.05, 0) is 76.6 Å². The summed E-state index contributed by atoms with van der Waals surface area (Å²) >= 11 is 4.53. The predicted octanol–water partition coefficient (Wildman–Crippen LogP) is 4.86. The number of nitrogens with zero attached hydrogens (tertiary/aromatic N) is 3. The van der Waals surface area contributed by atoms with E-state index in [0.717, 1.165) is 10.5 Å². The van der Waals surface area contributed by atoms with Crippen molar-refractivity contribution in [3.63, 3.8) is 0 Å². The molecule has 136 valence electrons. The van der Waals surface area contributed by atoms with Gasteiger partial charge in [0.1, 0.15) is 0 Å². The van der Waals surface area contributed by atoms with Gasteiger partial charge >= 0.3 is 0 Å². The third-order valence-corrected chi connectivity index (χ3v) is 5.16. The molecule has 3 aromatic rings. The largest absolute Gasteiger partial charge is 0.322 e. The van der Waals surface area contributed by atoms with E-state index in [1.54, 1.807) is 24.5 Å². The molecule has 9 heteroatoms. The Kier molecular flexibility index (Phi) is 5.82. The summed E-state index contributed by atoms with van der Waals surface area (Å²) in [5.74, 6) is -0.416. The van der Waals surface area contributed by atoms with Crippen molar-refractivity contribution < 1.29 is 9.72 Å². The first-order chi connectivity index (χ1) is 12.9. The molecule has 7 nitrogen and oxygen atoms in total. The zero-order chi connectivity index (χ0) is 19.4. The Balaban J connectivity index is 1.76. The summed E-state index contributed by atoms with van der Waals surface area (Å²) in [5, 5.41) is 14.4. The number of halogens is 1. The molecule has 0 saturated carbocycles. The lowest BCUT2D eigenvalue weighted by molar-refractivity contribution is -0.385. The fourth-order valence-electron chi connectivity index (χ4n) is 2.27. The Bertz CT molecular complexity index is 1010. The number of aryl methyl sites for hydroxylation is 1. The van der Waals surface area contributed by atoms with Crippen molar-refractivity contribution in [2.45, 2.75) is 17.0 Å². The number of nitrogens with one attached hydrogen (secondary N) is 1. The number of nitro benzene ring substituents is 1. The van der Waals surface area contributed by atoms with E-state index >= 15 is 0 Å². The van der Waals surface area contributed by atoms with Gasteiger partial charge in [-0.1, -0.05) is 0 Å². The number of aromatic nitrogens is 2. The van der Waals surface area contributed by atoms with E-state index in [1.807, 2.05) is 19.1 Å². The maximum Gasteiger partial charge on any atom is 0.284 e. The lowest BCUT2D eigenvalue weighted by Crippen LogP contribution is -2.13. The number of hydrogen-bond acceptors (Lipinski definition) is 6. The summed E-state index contributed by atoms with van der Waals surface area (Å²) in [6, 6.07) is 11.6. The van der Waals surface area contributed by atoms with Crippen LogP contribution in [0.5, 0.6) is 0 Å². The number of nitro groups is 1. The highest BCUT2D eigenvalue weighted by Crippen LogP contribution is 2.29. The van der Waals surface area contributed by atoms with Gasteiger partial charge in [-0.25, -0.2) is 9.97 Å². The van der Waals surface area contributed by atoms with Gasteiger partial charge in [-0.3, -0.25) is 14.9 Å². The van der Waals surface area contributed by atoms with E-state index in [-0.39, 0.29) is 11.3 Å². The van der Waals surface area contributed by atoms with Gasteiger partial charge in [-0.2, -0.15) is 0 Å². The van der Waals surface area contributed by atoms with E-state index in [4.69, 9.17) is 0 Å². The molecule has 2 aromatic carbocycles. The van der Waals surface area contributed by atoms with Gasteiger partial charge in [0.2, 0.25) is 0 Å². The average Bonchev–Trinajstić information content (AvgIpc) is 2.65. The zero-order valence-corrected chi connectivity index (χ0v) is 16.5. The number of carbonyl (C=O) groups excluding carboxylic acids is 1. The van der Waals surface area contributed by atoms with Gasteiger partial charge in [-0.15, -0.1) is 0 Å². The van der Waals surface area contributed by atoms with Crippen LogP contribution in [0.3, 0.4) is 0 Å². The maximum absolute atomic E-state index is 12.5. The number of rotatable bonds is 5. The quantitative estimate of drug-likeness (QED) is 0.342. The van der Waals surface area contributed by atoms with Gasteiger partial charge in [0.25, 0.3) is 11.6 Å². The van der Waals surface area contributed by atoms with E-state index in [0.29, 0.717) is 15.3 Å². The number of hydrogen-bond donors (Lipinski definition) is 1. The summed E-state index contributed by atoms with van der Waals surface area (Å²) in [6.45, 7) is 1.87. The summed E-state index contributed by atoms with van der Waals surface area (Å²) < 4.78 is 0.324. The molecule has 1 N–H and O–H groups in total. The molecule has 1 heterocycles. The lowest BCUT2D eigenvalue weighted by Gasteiger charge is -2.10. The number of carbonyl (C=O) groups is 1. The van der Waals surface area contributed by atoms with Crippen LogP contribution in [0.1, 0.15) is 15.9 Å². The van der Waals surface area contributed by atoms with Crippen LogP contribution in [-0.2, 0) is 0 Å². The van der Waals surface area contributed by atoms with Crippen molar-refractivity contribution in [2.24, 2.45) is 0 Å². The van der Waals surface area contributed by atoms with Gasteiger partial charge < -0.3 is 5.32 Å². The highest BCUT2D eigenvalue weighted by atomic mass is 79.9. The second-order valence-corrected chi connectivity index (χ2v) is 7.38. The van der Waals surface area contributed by atoms with Crippen molar-refractivity contribution >= 4 is 45.0 Å². The van der Waals surface area contributed by atoms with E-state index in [9.17, 15) is 14.9 Å². The summed E-state index contributed by atoms with van der Waals surface area (Å²) in [5.41, 5.74) is 1.54. The van der Waals surface area contributed by atoms with Crippen LogP contribution >= 0.6 is 27.7 Å². The van der Waals surface area contributed by atoms with Crippen LogP contribution in [0.4, 0.5) is 11.4 Å². The Morgan fingerprint density at radius 2 is 1.93 bits per heavy atom. The Morgan fingerprint density at radius 3 is 2.59 bits per heavy atom. The molecule has 0 saturated heterocycles. The molecular formula is C18H13BrN4O3S. The van der Waals surface area contributed by atoms with Crippen molar-refractivity contribution in [2.75, 3.05) is 5.32 Å². The van der Waals surface area contributed by atoms with E-state index < -0.39 is 10.8 Å². The molecule has 0 radical (unpaired) electrons. The minimum Gasteiger partial charge on any atom is -0.322 e. The number of amides is 1. The summed E-state index contributed by atoms with van der Waals surface area (Å²) in [6.07, 6.45) is 3.35. The molecule has 3 rings (SSSR count). The Labute approximate surface area is 167 Å². The van der Waals surface area contributed by atoms with Crippen LogP contribution in [0.15, 0.2) is 69.4 Å². The molecule has 0 aliphatic rings. The van der Waals surface area contributed by atoms with Crippen molar-refractivity contribution in [3.8, 4) is 0 Å². The molecule has 0 atom stereocenters. The second kappa shape index (κ2) is 8.28. The molecule has 27 heavy (non-hydrogen) atoms. The highest BCUT2D eigenvalue weighted by molar-refractivity contribution is 9.10. The summed E-state index contributed by atoms with van der Waals surface area (Å²) in [7, 11) is 0. The first-order valence-corrected chi connectivity index (χ1v) is 9.36. The van der Waals surface area contributed by atoms with Gasteiger partial charge in [0.05, 0.1) is 9.40 Å². The van der Waals surface area contributed by atoms with Crippen LogP contribution in [-0.4, -0.2) is 20.8 Å². The minimum atomic E-state index is -0.538. The van der Waals surface area contributed by atoms with Crippen LogP contribution in [0, 0.1) is 17.0 Å². The molecule has 1 aromatic heterocycles. The standard InChI is InChI=1S/C18H13BrN4O3S/c1-11-9-13(27-18-20-7-2-8-21-18)4-6-15(11)22-17(24)12-3-5-14(19)16(10-12)23(25)26/h2-10H,1H3,(H,22,24). The monoisotopic (exact) mass is 444 g/mol. The van der Waals surface area contributed by atoms with Crippen LogP contribution in [0.25, 0.3) is 0 Å². The molecular weight excluding hydrogens is 432 g/mol. The van der Waals surface area contributed by atoms with E-state index in [1.165, 1.54) is 30.0 Å². The van der Waals surface area contributed by atoms with Crippen LogP contribution < -0.4 is 5.32 Å². The van der Waals surface area contributed by atoms with E-state index in [2.05, 4.69) is 31.2 Å². The molecule has 1 amide bonds. The molecule has 0 aliphatic carbocycles. The van der Waals surface area contributed by atoms with Crippen LogP contribution in [0.2, 0.25) is 0 Å². The summed E-state index contributed by atoms with van der Waals surface area (Å²) in [4.78, 5) is 32.2. The first-order valence-electron chi connectivity index (χ1n) is 7.75. The third-order valence-electron chi connectivity index (χ3n) is 3.60. The normalized spacial score (nSPS) is 10.4. The number of benzene rings is 2. The SMILES string of the molecule is Cc1cc(Sc2ncccn2)ccc1NC(=O)c1ccc(Br)c([N+](=O)[O-])c1. The molecule has 0 bridgehead atoms. The Morgan fingerprint density at radius 1 is 1.19 bits per heavy atom. The third kappa shape index (κ3) is 4.69. The zero-order valence-electron chi connectivity index (χ0n) is 14.0. The first kappa shape index (κ1) is 19.0. The molecule has 0 fully saturated rings. The fourth-order valence-corrected chi connectivity index (χ4v) is 3.47.